The smallest absolute Gasteiger partial charge is 0.231 e. The number of fused-ring (bicyclic) bond motifs is 1. The van der Waals surface area contributed by atoms with Gasteiger partial charge in [0.15, 0.2) is 23.9 Å². The molecule has 0 spiro atoms. The minimum Gasteiger partial charge on any atom is -0.484 e. The molecular formula is C16H13ClO4. The van der Waals surface area contributed by atoms with E-state index in [1.54, 1.807) is 30.3 Å². The van der Waals surface area contributed by atoms with Gasteiger partial charge in [0.2, 0.25) is 6.79 Å². The molecule has 0 bridgehead atoms. The maximum atomic E-state index is 12.1. The van der Waals surface area contributed by atoms with Crippen LogP contribution in [0.5, 0.6) is 17.2 Å². The monoisotopic (exact) mass is 304 g/mol. The maximum absolute atomic E-state index is 12.1. The van der Waals surface area contributed by atoms with Crippen LogP contribution in [0.1, 0.15) is 15.9 Å². The number of hydrogen-bond donors (Lipinski definition) is 0. The SMILES string of the molecule is Cc1ccc(OCC(=O)c2ccc3c(c2)OCO3)c(Cl)c1. The molecule has 21 heavy (non-hydrogen) atoms. The van der Waals surface area contributed by atoms with Crippen LogP contribution in [0, 0.1) is 6.92 Å². The van der Waals surface area contributed by atoms with Crippen molar-refractivity contribution in [3.63, 3.8) is 0 Å². The zero-order valence-corrected chi connectivity index (χ0v) is 12.1. The molecule has 0 saturated heterocycles. The Bertz CT molecular complexity index is 697. The number of Topliss-reactive ketones (excluding diaryl/α,β-unsaturated/α-hetero) is 1. The van der Waals surface area contributed by atoms with Crippen LogP contribution in [0.2, 0.25) is 5.02 Å². The summed E-state index contributed by atoms with van der Waals surface area (Å²) >= 11 is 6.06. The molecule has 0 aromatic heterocycles. The first-order valence-electron chi connectivity index (χ1n) is 6.45. The van der Waals surface area contributed by atoms with E-state index in [-0.39, 0.29) is 19.2 Å². The van der Waals surface area contributed by atoms with E-state index in [9.17, 15) is 4.79 Å². The predicted molar refractivity (Wildman–Crippen MR) is 78.6 cm³/mol. The molecule has 0 fully saturated rings. The summed E-state index contributed by atoms with van der Waals surface area (Å²) in [4.78, 5) is 12.1. The lowest BCUT2D eigenvalue weighted by molar-refractivity contribution is 0.0921. The van der Waals surface area contributed by atoms with Crippen LogP contribution in [0.25, 0.3) is 0 Å². The van der Waals surface area contributed by atoms with E-state index in [0.29, 0.717) is 27.8 Å². The number of carbonyl (C=O) groups is 1. The predicted octanol–water partition coefficient (Wildman–Crippen LogP) is 3.64. The summed E-state index contributed by atoms with van der Waals surface area (Å²) in [6.07, 6.45) is 0. The number of halogens is 1. The molecule has 1 heterocycles. The lowest BCUT2D eigenvalue weighted by Crippen LogP contribution is -2.11. The molecule has 4 nitrogen and oxygen atoms in total. The summed E-state index contributed by atoms with van der Waals surface area (Å²) in [5.41, 5.74) is 1.55. The third-order valence-electron chi connectivity index (χ3n) is 3.14. The van der Waals surface area contributed by atoms with E-state index in [0.717, 1.165) is 5.56 Å². The lowest BCUT2D eigenvalue weighted by Gasteiger charge is -2.08. The number of hydrogen-bond acceptors (Lipinski definition) is 4. The van der Waals surface area contributed by atoms with Crippen molar-refractivity contribution in [1.82, 2.24) is 0 Å². The first-order valence-corrected chi connectivity index (χ1v) is 6.83. The van der Waals surface area contributed by atoms with Gasteiger partial charge in [0.05, 0.1) is 5.02 Å². The van der Waals surface area contributed by atoms with Crippen LogP contribution >= 0.6 is 11.6 Å². The van der Waals surface area contributed by atoms with E-state index in [4.69, 9.17) is 25.8 Å². The Morgan fingerprint density at radius 3 is 2.81 bits per heavy atom. The fourth-order valence-electron chi connectivity index (χ4n) is 2.02. The molecule has 0 N–H and O–H groups in total. The molecule has 0 saturated carbocycles. The highest BCUT2D eigenvalue weighted by Crippen LogP contribution is 2.32. The maximum Gasteiger partial charge on any atom is 0.231 e. The van der Waals surface area contributed by atoms with Crippen molar-refractivity contribution in [3.05, 3.63) is 52.5 Å². The number of benzene rings is 2. The summed E-state index contributed by atoms with van der Waals surface area (Å²) in [7, 11) is 0. The van der Waals surface area contributed by atoms with Crippen molar-refractivity contribution in [2.24, 2.45) is 0 Å². The van der Waals surface area contributed by atoms with Crippen molar-refractivity contribution in [2.75, 3.05) is 13.4 Å². The van der Waals surface area contributed by atoms with Gasteiger partial charge in [-0.1, -0.05) is 17.7 Å². The average molecular weight is 305 g/mol. The fourth-order valence-corrected chi connectivity index (χ4v) is 2.31. The van der Waals surface area contributed by atoms with Crippen molar-refractivity contribution < 1.29 is 19.0 Å². The first kappa shape index (κ1) is 13.8. The lowest BCUT2D eigenvalue weighted by atomic mass is 10.1. The van der Waals surface area contributed by atoms with Gasteiger partial charge in [-0.3, -0.25) is 4.79 Å². The average Bonchev–Trinajstić information content (AvgIpc) is 2.93. The van der Waals surface area contributed by atoms with Gasteiger partial charge in [-0.25, -0.2) is 0 Å². The topological polar surface area (TPSA) is 44.8 Å². The molecule has 5 heteroatoms. The van der Waals surface area contributed by atoms with Crippen molar-refractivity contribution in [3.8, 4) is 17.2 Å². The van der Waals surface area contributed by atoms with Crippen LogP contribution in [0.3, 0.4) is 0 Å². The molecule has 1 aliphatic heterocycles. The fraction of sp³-hybridized carbons (Fsp3) is 0.188. The number of ketones is 1. The molecule has 108 valence electrons. The molecule has 0 atom stereocenters. The van der Waals surface area contributed by atoms with Gasteiger partial charge in [-0.2, -0.15) is 0 Å². The number of carbonyl (C=O) groups excluding carboxylic acids is 1. The highest BCUT2D eigenvalue weighted by atomic mass is 35.5. The second-order valence-corrected chi connectivity index (χ2v) is 5.12. The Kier molecular flexibility index (Phi) is 3.71. The van der Waals surface area contributed by atoms with Crippen LogP contribution < -0.4 is 14.2 Å². The minimum atomic E-state index is -0.148. The molecule has 0 amide bonds. The van der Waals surface area contributed by atoms with E-state index >= 15 is 0 Å². The zero-order chi connectivity index (χ0) is 14.8. The molecule has 1 aliphatic rings. The molecule has 0 unspecified atom stereocenters. The molecule has 0 radical (unpaired) electrons. The van der Waals surface area contributed by atoms with Gasteiger partial charge in [0.1, 0.15) is 5.75 Å². The summed E-state index contributed by atoms with van der Waals surface area (Å²) in [5.74, 6) is 1.57. The second kappa shape index (κ2) is 5.66. The van der Waals surface area contributed by atoms with E-state index in [1.165, 1.54) is 0 Å². The van der Waals surface area contributed by atoms with Gasteiger partial charge in [0, 0.05) is 5.56 Å². The normalized spacial score (nSPS) is 12.3. The Balaban J connectivity index is 1.69. The van der Waals surface area contributed by atoms with Crippen LogP contribution in [0.4, 0.5) is 0 Å². The van der Waals surface area contributed by atoms with Crippen LogP contribution in [-0.4, -0.2) is 19.2 Å². The summed E-state index contributed by atoms with van der Waals surface area (Å²) in [5, 5.41) is 0.494. The Morgan fingerprint density at radius 2 is 2.00 bits per heavy atom. The summed E-state index contributed by atoms with van der Waals surface area (Å²) in [6.45, 7) is 2.04. The molecule has 2 aromatic rings. The van der Waals surface area contributed by atoms with Crippen LogP contribution in [0.15, 0.2) is 36.4 Å². The largest absolute Gasteiger partial charge is 0.484 e. The van der Waals surface area contributed by atoms with Crippen molar-refractivity contribution >= 4 is 17.4 Å². The van der Waals surface area contributed by atoms with E-state index in [2.05, 4.69) is 0 Å². The Labute approximate surface area is 127 Å². The zero-order valence-electron chi connectivity index (χ0n) is 11.4. The number of rotatable bonds is 4. The Morgan fingerprint density at radius 1 is 1.19 bits per heavy atom. The Hall–Kier alpha value is -2.20. The first-order chi connectivity index (χ1) is 10.1. The van der Waals surface area contributed by atoms with Crippen molar-refractivity contribution in [2.45, 2.75) is 6.92 Å². The van der Waals surface area contributed by atoms with Gasteiger partial charge in [-0.15, -0.1) is 0 Å². The van der Waals surface area contributed by atoms with Gasteiger partial charge in [-0.05, 0) is 42.8 Å². The number of aryl methyl sites for hydroxylation is 1. The third kappa shape index (κ3) is 2.95. The van der Waals surface area contributed by atoms with Crippen LogP contribution in [-0.2, 0) is 0 Å². The van der Waals surface area contributed by atoms with Crippen molar-refractivity contribution in [1.29, 1.82) is 0 Å². The number of ether oxygens (including phenoxy) is 3. The van der Waals surface area contributed by atoms with Gasteiger partial charge < -0.3 is 14.2 Å². The summed E-state index contributed by atoms with van der Waals surface area (Å²) in [6, 6.07) is 10.5. The molecule has 2 aromatic carbocycles. The molecule has 0 aliphatic carbocycles. The standard InChI is InChI=1S/C16H13ClO4/c1-10-2-4-14(12(17)6-10)19-8-13(18)11-3-5-15-16(7-11)21-9-20-15/h2-7H,8-9H2,1H3. The highest BCUT2D eigenvalue weighted by molar-refractivity contribution is 6.32. The van der Waals surface area contributed by atoms with E-state index in [1.807, 2.05) is 13.0 Å². The second-order valence-electron chi connectivity index (χ2n) is 4.71. The minimum absolute atomic E-state index is 0.0809. The molecule has 3 rings (SSSR count). The van der Waals surface area contributed by atoms with Gasteiger partial charge >= 0.3 is 0 Å². The molecular weight excluding hydrogens is 292 g/mol. The third-order valence-corrected chi connectivity index (χ3v) is 3.44. The van der Waals surface area contributed by atoms with E-state index < -0.39 is 0 Å². The van der Waals surface area contributed by atoms with Gasteiger partial charge in [0.25, 0.3) is 0 Å². The quantitative estimate of drug-likeness (QED) is 0.809. The summed E-state index contributed by atoms with van der Waals surface area (Å²) < 4.78 is 15.9. The highest BCUT2D eigenvalue weighted by Gasteiger charge is 2.16.